The van der Waals surface area contributed by atoms with Crippen molar-refractivity contribution in [1.82, 2.24) is 10.3 Å². The first-order chi connectivity index (χ1) is 8.74. The Bertz CT molecular complexity index is 398. The SMILES string of the molecule is Cc1ccc(CCNC(N)=NCC2CCC2)cn1.I. The van der Waals surface area contributed by atoms with Gasteiger partial charge in [0.2, 0.25) is 0 Å². The summed E-state index contributed by atoms with van der Waals surface area (Å²) in [7, 11) is 0. The van der Waals surface area contributed by atoms with E-state index in [4.69, 9.17) is 5.73 Å². The fourth-order valence-electron chi connectivity index (χ4n) is 1.94. The Balaban J connectivity index is 0.00000180. The van der Waals surface area contributed by atoms with Crippen LogP contribution in [0.1, 0.15) is 30.5 Å². The first-order valence-electron chi connectivity index (χ1n) is 6.69. The summed E-state index contributed by atoms with van der Waals surface area (Å²) in [5.74, 6) is 1.34. The molecule has 1 aromatic heterocycles. The van der Waals surface area contributed by atoms with Crippen molar-refractivity contribution in [2.75, 3.05) is 13.1 Å². The Morgan fingerprint density at radius 3 is 2.84 bits per heavy atom. The van der Waals surface area contributed by atoms with Crippen LogP contribution in [0.3, 0.4) is 0 Å². The van der Waals surface area contributed by atoms with Gasteiger partial charge >= 0.3 is 0 Å². The molecule has 1 saturated carbocycles. The van der Waals surface area contributed by atoms with Crippen LogP contribution in [0.2, 0.25) is 0 Å². The van der Waals surface area contributed by atoms with E-state index in [-0.39, 0.29) is 24.0 Å². The van der Waals surface area contributed by atoms with Gasteiger partial charge in [-0.3, -0.25) is 9.98 Å². The first kappa shape index (κ1) is 16.2. The molecule has 5 heteroatoms. The lowest BCUT2D eigenvalue weighted by molar-refractivity contribution is 0.326. The van der Waals surface area contributed by atoms with Crippen LogP contribution in [-0.4, -0.2) is 24.0 Å². The molecule has 3 N–H and O–H groups in total. The van der Waals surface area contributed by atoms with Crippen molar-refractivity contribution in [3.8, 4) is 0 Å². The molecule has 0 unspecified atom stereocenters. The summed E-state index contributed by atoms with van der Waals surface area (Å²) < 4.78 is 0. The molecule has 0 bridgehead atoms. The molecule has 1 aliphatic rings. The summed E-state index contributed by atoms with van der Waals surface area (Å²) in [6.07, 6.45) is 6.82. The monoisotopic (exact) mass is 374 g/mol. The molecule has 1 aromatic rings. The smallest absolute Gasteiger partial charge is 0.188 e. The van der Waals surface area contributed by atoms with Gasteiger partial charge in [0.25, 0.3) is 0 Å². The van der Waals surface area contributed by atoms with E-state index in [1.807, 2.05) is 19.2 Å². The maximum absolute atomic E-state index is 5.81. The van der Waals surface area contributed by atoms with Crippen molar-refractivity contribution in [2.45, 2.75) is 32.6 Å². The molecule has 19 heavy (non-hydrogen) atoms. The highest BCUT2D eigenvalue weighted by atomic mass is 127. The number of pyridine rings is 1. The predicted octanol–water partition coefficient (Wildman–Crippen LogP) is 2.25. The van der Waals surface area contributed by atoms with Crippen molar-refractivity contribution >= 4 is 29.9 Å². The summed E-state index contributed by atoms with van der Waals surface area (Å²) in [6, 6.07) is 4.13. The second-order valence-electron chi connectivity index (χ2n) is 5.01. The van der Waals surface area contributed by atoms with Gasteiger partial charge < -0.3 is 11.1 Å². The quantitative estimate of drug-likeness (QED) is 0.472. The number of aliphatic imine (C=N–C) groups is 1. The fraction of sp³-hybridized carbons (Fsp3) is 0.571. The van der Waals surface area contributed by atoms with E-state index < -0.39 is 0 Å². The molecule has 0 spiro atoms. The van der Waals surface area contributed by atoms with Gasteiger partial charge in [-0.1, -0.05) is 12.5 Å². The summed E-state index contributed by atoms with van der Waals surface area (Å²) in [5, 5.41) is 3.15. The summed E-state index contributed by atoms with van der Waals surface area (Å²) in [6.45, 7) is 3.68. The molecule has 106 valence electrons. The fourth-order valence-corrected chi connectivity index (χ4v) is 1.94. The number of hydrogen-bond acceptors (Lipinski definition) is 2. The van der Waals surface area contributed by atoms with Crippen LogP contribution < -0.4 is 11.1 Å². The Morgan fingerprint density at radius 1 is 1.47 bits per heavy atom. The maximum Gasteiger partial charge on any atom is 0.188 e. The molecule has 0 atom stereocenters. The number of aromatic nitrogens is 1. The first-order valence-corrected chi connectivity index (χ1v) is 6.69. The third-order valence-corrected chi connectivity index (χ3v) is 3.44. The number of nitrogens with zero attached hydrogens (tertiary/aromatic N) is 2. The zero-order valence-electron chi connectivity index (χ0n) is 11.4. The second kappa shape index (κ2) is 8.35. The van der Waals surface area contributed by atoms with E-state index in [1.54, 1.807) is 0 Å². The molecule has 0 amide bonds. The van der Waals surface area contributed by atoms with Gasteiger partial charge in [0.05, 0.1) is 0 Å². The highest BCUT2D eigenvalue weighted by Gasteiger charge is 2.16. The van der Waals surface area contributed by atoms with Crippen LogP contribution in [0, 0.1) is 12.8 Å². The number of halogens is 1. The van der Waals surface area contributed by atoms with Crippen LogP contribution in [0.15, 0.2) is 23.3 Å². The zero-order chi connectivity index (χ0) is 12.8. The van der Waals surface area contributed by atoms with Gasteiger partial charge in [0, 0.05) is 25.0 Å². The Kier molecular flexibility index (Phi) is 7.12. The minimum Gasteiger partial charge on any atom is -0.370 e. The van der Waals surface area contributed by atoms with Crippen molar-refractivity contribution in [2.24, 2.45) is 16.6 Å². The van der Waals surface area contributed by atoms with Gasteiger partial charge in [-0.2, -0.15) is 0 Å². The second-order valence-corrected chi connectivity index (χ2v) is 5.01. The molecule has 1 aliphatic carbocycles. The van der Waals surface area contributed by atoms with Crippen LogP contribution in [0.5, 0.6) is 0 Å². The molecule has 0 aromatic carbocycles. The Labute approximate surface area is 132 Å². The van der Waals surface area contributed by atoms with Crippen LogP contribution >= 0.6 is 24.0 Å². The molecular formula is C14H23IN4. The summed E-state index contributed by atoms with van der Waals surface area (Å²) >= 11 is 0. The maximum atomic E-state index is 5.81. The molecule has 1 heterocycles. The van der Waals surface area contributed by atoms with Crippen molar-refractivity contribution < 1.29 is 0 Å². The van der Waals surface area contributed by atoms with Crippen molar-refractivity contribution in [3.05, 3.63) is 29.6 Å². The standard InChI is InChI=1S/C14H22N4.HI/c1-11-5-6-13(9-17-11)7-8-16-14(15)18-10-12-3-2-4-12;/h5-6,9,12H,2-4,7-8,10H2,1H3,(H3,15,16,18);1H. The minimum absolute atomic E-state index is 0. The number of nitrogens with two attached hydrogens (primary N) is 1. The van der Waals surface area contributed by atoms with Crippen molar-refractivity contribution in [1.29, 1.82) is 0 Å². The third kappa shape index (κ3) is 5.76. The van der Waals surface area contributed by atoms with Crippen LogP contribution in [-0.2, 0) is 6.42 Å². The molecule has 1 fully saturated rings. The van der Waals surface area contributed by atoms with E-state index in [0.717, 1.165) is 31.1 Å². The zero-order valence-corrected chi connectivity index (χ0v) is 13.8. The van der Waals surface area contributed by atoms with Gasteiger partial charge in [0.15, 0.2) is 5.96 Å². The highest BCUT2D eigenvalue weighted by Crippen LogP contribution is 2.26. The summed E-state index contributed by atoms with van der Waals surface area (Å²) in [5.41, 5.74) is 8.08. The average Bonchev–Trinajstić information content (AvgIpc) is 2.30. The van der Waals surface area contributed by atoms with Crippen LogP contribution in [0.25, 0.3) is 0 Å². The highest BCUT2D eigenvalue weighted by molar-refractivity contribution is 14.0. The molecule has 4 nitrogen and oxygen atoms in total. The minimum atomic E-state index is 0. The lowest BCUT2D eigenvalue weighted by Gasteiger charge is -2.23. The third-order valence-electron chi connectivity index (χ3n) is 3.44. The number of nitrogens with one attached hydrogen (secondary N) is 1. The largest absolute Gasteiger partial charge is 0.370 e. The van der Waals surface area contributed by atoms with E-state index in [9.17, 15) is 0 Å². The molecule has 2 rings (SSSR count). The molecule has 0 saturated heterocycles. The molecular weight excluding hydrogens is 351 g/mol. The van der Waals surface area contributed by atoms with E-state index in [2.05, 4.69) is 21.4 Å². The number of guanidine groups is 1. The van der Waals surface area contributed by atoms with Gasteiger partial charge in [0.1, 0.15) is 0 Å². The average molecular weight is 374 g/mol. The Morgan fingerprint density at radius 2 is 2.26 bits per heavy atom. The van der Waals surface area contributed by atoms with E-state index >= 15 is 0 Å². The van der Waals surface area contributed by atoms with Crippen molar-refractivity contribution in [3.63, 3.8) is 0 Å². The summed E-state index contributed by atoms with van der Waals surface area (Å²) in [4.78, 5) is 8.62. The lowest BCUT2D eigenvalue weighted by Crippen LogP contribution is -2.34. The van der Waals surface area contributed by atoms with E-state index in [1.165, 1.54) is 24.8 Å². The van der Waals surface area contributed by atoms with Gasteiger partial charge in [-0.15, -0.1) is 24.0 Å². The normalized spacial score (nSPS) is 15.5. The molecule has 0 aliphatic heterocycles. The number of rotatable bonds is 5. The predicted molar refractivity (Wildman–Crippen MR) is 89.9 cm³/mol. The lowest BCUT2D eigenvalue weighted by atomic mass is 9.86. The number of hydrogen-bond donors (Lipinski definition) is 2. The topological polar surface area (TPSA) is 63.3 Å². The molecule has 0 radical (unpaired) electrons. The van der Waals surface area contributed by atoms with Crippen LogP contribution in [0.4, 0.5) is 0 Å². The van der Waals surface area contributed by atoms with Gasteiger partial charge in [-0.05, 0) is 43.7 Å². The van der Waals surface area contributed by atoms with E-state index in [0.29, 0.717) is 5.96 Å². The Hall–Kier alpha value is -0.850. The number of aryl methyl sites for hydroxylation is 1. The van der Waals surface area contributed by atoms with Gasteiger partial charge in [-0.25, -0.2) is 0 Å².